The SMILES string of the molecule is C=CCn1c(Cc2ccccc2)nnc1SCC(=O)Nc1cccc(C(=O)OCCC)c1. The fraction of sp³-hybridized carbons (Fsp3) is 0.250. The minimum Gasteiger partial charge on any atom is -0.462 e. The number of nitrogens with zero attached hydrogens (tertiary/aromatic N) is 3. The number of esters is 1. The highest BCUT2D eigenvalue weighted by molar-refractivity contribution is 7.99. The van der Waals surface area contributed by atoms with E-state index in [1.165, 1.54) is 11.8 Å². The third-order valence-electron chi connectivity index (χ3n) is 4.46. The lowest BCUT2D eigenvalue weighted by molar-refractivity contribution is -0.113. The van der Waals surface area contributed by atoms with Gasteiger partial charge in [0.15, 0.2) is 5.16 Å². The second-order valence-electron chi connectivity index (χ2n) is 7.01. The Hall–Kier alpha value is -3.39. The van der Waals surface area contributed by atoms with Gasteiger partial charge in [0.2, 0.25) is 5.91 Å². The molecular weight excluding hydrogens is 424 g/mol. The van der Waals surface area contributed by atoms with Crippen molar-refractivity contribution in [3.8, 4) is 0 Å². The molecule has 32 heavy (non-hydrogen) atoms. The van der Waals surface area contributed by atoms with Crippen LogP contribution in [0.25, 0.3) is 0 Å². The molecule has 0 aliphatic carbocycles. The minimum absolute atomic E-state index is 0.158. The number of amides is 1. The van der Waals surface area contributed by atoms with Crippen molar-refractivity contribution in [1.29, 1.82) is 0 Å². The number of hydrogen-bond acceptors (Lipinski definition) is 6. The van der Waals surface area contributed by atoms with Crippen LogP contribution in [0.2, 0.25) is 0 Å². The molecule has 0 aliphatic rings. The molecule has 1 heterocycles. The van der Waals surface area contributed by atoms with Crippen LogP contribution in [0.3, 0.4) is 0 Å². The van der Waals surface area contributed by atoms with Crippen LogP contribution in [0.4, 0.5) is 5.69 Å². The summed E-state index contributed by atoms with van der Waals surface area (Å²) in [5.41, 5.74) is 2.08. The number of nitrogens with one attached hydrogen (secondary N) is 1. The number of benzene rings is 2. The van der Waals surface area contributed by atoms with Crippen LogP contribution >= 0.6 is 11.8 Å². The Kier molecular flexibility index (Phi) is 8.62. The summed E-state index contributed by atoms with van der Waals surface area (Å²) in [7, 11) is 0. The number of ether oxygens (including phenoxy) is 1. The van der Waals surface area contributed by atoms with E-state index in [2.05, 4.69) is 22.1 Å². The first-order valence-corrected chi connectivity index (χ1v) is 11.4. The summed E-state index contributed by atoms with van der Waals surface area (Å²) in [4.78, 5) is 24.5. The van der Waals surface area contributed by atoms with Gasteiger partial charge in [-0.3, -0.25) is 4.79 Å². The molecule has 8 heteroatoms. The molecule has 0 saturated heterocycles. The summed E-state index contributed by atoms with van der Waals surface area (Å²) in [6.07, 6.45) is 3.18. The fourth-order valence-corrected chi connectivity index (χ4v) is 3.74. The van der Waals surface area contributed by atoms with Gasteiger partial charge in [-0.15, -0.1) is 16.8 Å². The third-order valence-corrected chi connectivity index (χ3v) is 5.43. The van der Waals surface area contributed by atoms with Gasteiger partial charge in [-0.05, 0) is 30.2 Å². The molecule has 0 unspecified atom stereocenters. The van der Waals surface area contributed by atoms with Crippen molar-refractivity contribution in [2.75, 3.05) is 17.7 Å². The van der Waals surface area contributed by atoms with Gasteiger partial charge in [-0.1, -0.05) is 61.2 Å². The van der Waals surface area contributed by atoms with E-state index >= 15 is 0 Å². The number of hydrogen-bond donors (Lipinski definition) is 1. The Morgan fingerprint density at radius 1 is 1.16 bits per heavy atom. The molecule has 0 atom stereocenters. The van der Waals surface area contributed by atoms with Crippen LogP contribution in [-0.2, 0) is 22.5 Å². The van der Waals surface area contributed by atoms with E-state index in [0.29, 0.717) is 36.0 Å². The minimum atomic E-state index is -0.402. The summed E-state index contributed by atoms with van der Waals surface area (Å²) in [6, 6.07) is 16.7. The van der Waals surface area contributed by atoms with Crippen LogP contribution in [0.15, 0.2) is 72.4 Å². The van der Waals surface area contributed by atoms with Gasteiger partial charge in [0, 0.05) is 18.7 Å². The number of carbonyl (C=O) groups is 2. The van der Waals surface area contributed by atoms with Gasteiger partial charge in [0.05, 0.1) is 17.9 Å². The maximum Gasteiger partial charge on any atom is 0.338 e. The molecule has 3 aromatic rings. The topological polar surface area (TPSA) is 86.1 Å². The molecule has 0 fully saturated rings. The zero-order valence-electron chi connectivity index (χ0n) is 18.0. The highest BCUT2D eigenvalue weighted by Crippen LogP contribution is 2.20. The van der Waals surface area contributed by atoms with Gasteiger partial charge >= 0.3 is 5.97 Å². The largest absolute Gasteiger partial charge is 0.462 e. The maximum atomic E-state index is 12.5. The van der Waals surface area contributed by atoms with Crippen molar-refractivity contribution < 1.29 is 14.3 Å². The van der Waals surface area contributed by atoms with Crippen molar-refractivity contribution in [3.63, 3.8) is 0 Å². The number of thioether (sulfide) groups is 1. The molecule has 166 valence electrons. The third kappa shape index (κ3) is 6.55. The van der Waals surface area contributed by atoms with E-state index in [0.717, 1.165) is 17.8 Å². The summed E-state index contributed by atoms with van der Waals surface area (Å²) >= 11 is 1.31. The second-order valence-corrected chi connectivity index (χ2v) is 7.96. The lowest BCUT2D eigenvalue weighted by Crippen LogP contribution is -2.15. The van der Waals surface area contributed by atoms with E-state index in [-0.39, 0.29) is 11.7 Å². The summed E-state index contributed by atoms with van der Waals surface area (Å²) in [6.45, 7) is 6.67. The fourth-order valence-electron chi connectivity index (χ4n) is 2.98. The van der Waals surface area contributed by atoms with Gasteiger partial charge in [0.25, 0.3) is 0 Å². The van der Waals surface area contributed by atoms with Crippen molar-refractivity contribution in [2.45, 2.75) is 31.5 Å². The Balaban J connectivity index is 1.61. The van der Waals surface area contributed by atoms with Crippen molar-refractivity contribution in [3.05, 3.63) is 84.2 Å². The molecule has 1 amide bonds. The van der Waals surface area contributed by atoms with E-state index in [4.69, 9.17) is 4.74 Å². The van der Waals surface area contributed by atoms with Crippen LogP contribution in [0, 0.1) is 0 Å². The van der Waals surface area contributed by atoms with E-state index in [1.807, 2.05) is 41.8 Å². The Bertz CT molecular complexity index is 1070. The lowest BCUT2D eigenvalue weighted by atomic mass is 10.1. The normalized spacial score (nSPS) is 10.5. The summed E-state index contributed by atoms with van der Waals surface area (Å²) in [5.74, 6) is 0.371. The molecule has 0 aliphatic heterocycles. The number of rotatable bonds is 11. The smallest absolute Gasteiger partial charge is 0.338 e. The van der Waals surface area contributed by atoms with Crippen molar-refractivity contribution in [1.82, 2.24) is 14.8 Å². The van der Waals surface area contributed by atoms with Gasteiger partial charge in [-0.25, -0.2) is 4.79 Å². The predicted molar refractivity (Wildman–Crippen MR) is 126 cm³/mol. The molecule has 3 rings (SSSR count). The van der Waals surface area contributed by atoms with Crippen LogP contribution in [0.1, 0.15) is 35.1 Å². The van der Waals surface area contributed by atoms with Crippen molar-refractivity contribution >= 4 is 29.3 Å². The molecule has 7 nitrogen and oxygen atoms in total. The first-order chi connectivity index (χ1) is 15.6. The molecule has 1 aromatic heterocycles. The number of aromatic nitrogens is 3. The van der Waals surface area contributed by atoms with Gasteiger partial charge in [-0.2, -0.15) is 0 Å². The number of allylic oxidation sites excluding steroid dienone is 1. The monoisotopic (exact) mass is 450 g/mol. The predicted octanol–water partition coefficient (Wildman–Crippen LogP) is 4.35. The van der Waals surface area contributed by atoms with Crippen LogP contribution in [0.5, 0.6) is 0 Å². The number of carbonyl (C=O) groups excluding carboxylic acids is 2. The van der Waals surface area contributed by atoms with Gasteiger partial charge < -0.3 is 14.6 Å². The second kappa shape index (κ2) is 11.9. The van der Waals surface area contributed by atoms with E-state index in [1.54, 1.807) is 30.3 Å². The zero-order valence-corrected chi connectivity index (χ0v) is 18.8. The van der Waals surface area contributed by atoms with Crippen LogP contribution < -0.4 is 5.32 Å². The standard InChI is InChI=1S/C24H26N4O3S/c1-3-13-28-21(15-18-9-6-5-7-10-18)26-27-24(28)32-17-22(29)25-20-12-8-11-19(16-20)23(30)31-14-4-2/h3,5-12,16H,1,4,13-15,17H2,2H3,(H,25,29). The lowest BCUT2D eigenvalue weighted by Gasteiger charge is -2.09. The average molecular weight is 451 g/mol. The van der Waals surface area contributed by atoms with Gasteiger partial charge in [0.1, 0.15) is 5.82 Å². The highest BCUT2D eigenvalue weighted by atomic mass is 32.2. The van der Waals surface area contributed by atoms with Crippen LogP contribution in [-0.4, -0.2) is 39.0 Å². The Labute approximate surface area is 191 Å². The molecule has 0 bridgehead atoms. The molecular formula is C24H26N4O3S. The number of anilines is 1. The molecule has 0 radical (unpaired) electrons. The Morgan fingerprint density at radius 3 is 2.72 bits per heavy atom. The zero-order chi connectivity index (χ0) is 22.8. The summed E-state index contributed by atoms with van der Waals surface area (Å²) in [5, 5.41) is 12.0. The summed E-state index contributed by atoms with van der Waals surface area (Å²) < 4.78 is 7.10. The quantitative estimate of drug-likeness (QED) is 0.265. The molecule has 0 saturated carbocycles. The highest BCUT2D eigenvalue weighted by Gasteiger charge is 2.15. The Morgan fingerprint density at radius 2 is 1.97 bits per heavy atom. The first kappa shape index (κ1) is 23.3. The average Bonchev–Trinajstić information content (AvgIpc) is 3.18. The molecule has 1 N–H and O–H groups in total. The first-order valence-electron chi connectivity index (χ1n) is 10.4. The van der Waals surface area contributed by atoms with E-state index in [9.17, 15) is 9.59 Å². The molecule has 2 aromatic carbocycles. The molecule has 0 spiro atoms. The van der Waals surface area contributed by atoms with E-state index < -0.39 is 5.97 Å². The van der Waals surface area contributed by atoms with Crippen molar-refractivity contribution in [2.24, 2.45) is 0 Å². The maximum absolute atomic E-state index is 12.5.